The van der Waals surface area contributed by atoms with E-state index in [2.05, 4.69) is 10.6 Å². The molecule has 1 fully saturated rings. The number of amides is 2. The SMILES string of the molecule is CC(C)[C@H](NC=O)C(=O)NC1CCCCC1. The molecule has 1 aliphatic rings. The molecule has 0 saturated heterocycles. The van der Waals surface area contributed by atoms with Crippen molar-refractivity contribution in [1.82, 2.24) is 10.6 Å². The van der Waals surface area contributed by atoms with E-state index in [4.69, 9.17) is 0 Å². The van der Waals surface area contributed by atoms with E-state index in [0.29, 0.717) is 12.5 Å². The molecule has 0 aromatic rings. The van der Waals surface area contributed by atoms with Crippen molar-refractivity contribution in [3.05, 3.63) is 0 Å². The molecule has 0 aromatic carbocycles. The minimum atomic E-state index is -0.403. The van der Waals surface area contributed by atoms with Gasteiger partial charge in [0.2, 0.25) is 12.3 Å². The van der Waals surface area contributed by atoms with Gasteiger partial charge in [-0.3, -0.25) is 9.59 Å². The Balaban J connectivity index is 2.43. The summed E-state index contributed by atoms with van der Waals surface area (Å²) in [7, 11) is 0. The standard InChI is InChI=1S/C12H22N2O2/c1-9(2)11(13-8-15)12(16)14-10-6-4-3-5-7-10/h8-11H,3-7H2,1-2H3,(H,13,15)(H,14,16)/t11-/m0/s1. The van der Waals surface area contributed by atoms with E-state index in [1.54, 1.807) is 0 Å². The number of carbonyl (C=O) groups excluding carboxylic acids is 2. The Morgan fingerprint density at radius 2 is 1.88 bits per heavy atom. The molecule has 16 heavy (non-hydrogen) atoms. The molecule has 0 aromatic heterocycles. The highest BCUT2D eigenvalue weighted by molar-refractivity contribution is 5.84. The minimum absolute atomic E-state index is 0.0472. The summed E-state index contributed by atoms with van der Waals surface area (Å²) in [6.07, 6.45) is 6.39. The van der Waals surface area contributed by atoms with Crippen LogP contribution in [0.25, 0.3) is 0 Å². The van der Waals surface area contributed by atoms with E-state index in [-0.39, 0.29) is 11.8 Å². The molecule has 1 rings (SSSR count). The van der Waals surface area contributed by atoms with Crippen molar-refractivity contribution >= 4 is 12.3 Å². The average molecular weight is 226 g/mol. The molecule has 2 amide bonds. The van der Waals surface area contributed by atoms with Crippen LogP contribution in [0.3, 0.4) is 0 Å². The monoisotopic (exact) mass is 226 g/mol. The van der Waals surface area contributed by atoms with Crippen LogP contribution in [0, 0.1) is 5.92 Å². The largest absolute Gasteiger partial charge is 0.352 e. The summed E-state index contributed by atoms with van der Waals surface area (Å²) in [4.78, 5) is 22.3. The topological polar surface area (TPSA) is 58.2 Å². The Morgan fingerprint density at radius 3 is 2.38 bits per heavy atom. The summed E-state index contributed by atoms with van der Waals surface area (Å²) < 4.78 is 0. The van der Waals surface area contributed by atoms with E-state index >= 15 is 0 Å². The number of rotatable bonds is 5. The fourth-order valence-electron chi connectivity index (χ4n) is 2.18. The Bertz CT molecular complexity index is 235. The molecule has 4 nitrogen and oxygen atoms in total. The van der Waals surface area contributed by atoms with E-state index in [0.717, 1.165) is 12.8 Å². The highest BCUT2D eigenvalue weighted by Crippen LogP contribution is 2.17. The molecule has 92 valence electrons. The van der Waals surface area contributed by atoms with Gasteiger partial charge in [0.15, 0.2) is 0 Å². The van der Waals surface area contributed by atoms with E-state index < -0.39 is 6.04 Å². The van der Waals surface area contributed by atoms with Gasteiger partial charge in [-0.25, -0.2) is 0 Å². The quantitative estimate of drug-likeness (QED) is 0.692. The number of hydrogen-bond acceptors (Lipinski definition) is 2. The number of carbonyl (C=O) groups is 2. The third kappa shape index (κ3) is 3.83. The van der Waals surface area contributed by atoms with Crippen molar-refractivity contribution in [1.29, 1.82) is 0 Å². The van der Waals surface area contributed by atoms with Crippen LogP contribution >= 0.6 is 0 Å². The average Bonchev–Trinajstić information content (AvgIpc) is 2.26. The molecule has 0 unspecified atom stereocenters. The van der Waals surface area contributed by atoms with Crippen LogP contribution in [0.15, 0.2) is 0 Å². The van der Waals surface area contributed by atoms with Crippen molar-refractivity contribution in [3.8, 4) is 0 Å². The Hall–Kier alpha value is -1.06. The van der Waals surface area contributed by atoms with Crippen molar-refractivity contribution in [2.75, 3.05) is 0 Å². The maximum Gasteiger partial charge on any atom is 0.243 e. The molecule has 4 heteroatoms. The fraction of sp³-hybridized carbons (Fsp3) is 0.833. The van der Waals surface area contributed by atoms with E-state index in [1.807, 2.05) is 13.8 Å². The first-order valence-corrected chi connectivity index (χ1v) is 6.15. The third-order valence-corrected chi connectivity index (χ3v) is 3.15. The molecular weight excluding hydrogens is 204 g/mol. The molecule has 0 bridgehead atoms. The Morgan fingerprint density at radius 1 is 1.25 bits per heavy atom. The van der Waals surface area contributed by atoms with Crippen molar-refractivity contribution in [2.45, 2.75) is 58.0 Å². The van der Waals surface area contributed by atoms with E-state index in [1.165, 1.54) is 19.3 Å². The van der Waals surface area contributed by atoms with Gasteiger partial charge in [-0.1, -0.05) is 33.1 Å². The van der Waals surface area contributed by atoms with Crippen LogP contribution in [0.2, 0.25) is 0 Å². The molecule has 0 radical (unpaired) electrons. The zero-order chi connectivity index (χ0) is 12.0. The second kappa shape index (κ2) is 6.51. The van der Waals surface area contributed by atoms with Gasteiger partial charge in [0, 0.05) is 6.04 Å². The maximum absolute atomic E-state index is 11.9. The maximum atomic E-state index is 11.9. The molecule has 1 aliphatic carbocycles. The summed E-state index contributed by atoms with van der Waals surface area (Å²) >= 11 is 0. The first kappa shape index (κ1) is 13.0. The molecule has 0 aliphatic heterocycles. The van der Waals surface area contributed by atoms with Gasteiger partial charge < -0.3 is 10.6 Å². The third-order valence-electron chi connectivity index (χ3n) is 3.15. The van der Waals surface area contributed by atoms with Crippen LogP contribution in [-0.2, 0) is 9.59 Å². The van der Waals surface area contributed by atoms with Crippen LogP contribution in [0.1, 0.15) is 46.0 Å². The normalized spacial score (nSPS) is 19.2. The van der Waals surface area contributed by atoms with Gasteiger partial charge in [-0.2, -0.15) is 0 Å². The second-order valence-electron chi connectivity index (χ2n) is 4.85. The number of nitrogens with one attached hydrogen (secondary N) is 2. The zero-order valence-electron chi connectivity index (χ0n) is 10.2. The Kier molecular flexibility index (Phi) is 5.29. The lowest BCUT2D eigenvalue weighted by atomic mass is 9.94. The van der Waals surface area contributed by atoms with Gasteiger partial charge in [-0.05, 0) is 18.8 Å². The summed E-state index contributed by atoms with van der Waals surface area (Å²) in [6, 6.07) is -0.102. The fourth-order valence-corrected chi connectivity index (χ4v) is 2.18. The molecule has 0 spiro atoms. The van der Waals surface area contributed by atoms with Crippen LogP contribution < -0.4 is 10.6 Å². The molecule has 1 atom stereocenters. The van der Waals surface area contributed by atoms with Crippen molar-refractivity contribution < 1.29 is 9.59 Å². The summed E-state index contributed by atoms with van der Waals surface area (Å²) in [5.41, 5.74) is 0. The second-order valence-corrected chi connectivity index (χ2v) is 4.85. The smallest absolute Gasteiger partial charge is 0.243 e. The highest BCUT2D eigenvalue weighted by atomic mass is 16.2. The van der Waals surface area contributed by atoms with Gasteiger partial charge in [0.1, 0.15) is 6.04 Å². The lowest BCUT2D eigenvalue weighted by Gasteiger charge is -2.26. The van der Waals surface area contributed by atoms with Gasteiger partial charge >= 0.3 is 0 Å². The van der Waals surface area contributed by atoms with Crippen molar-refractivity contribution in [2.24, 2.45) is 5.92 Å². The summed E-state index contributed by atoms with van der Waals surface area (Å²) in [5.74, 6) is 0.0720. The predicted molar refractivity (Wildman–Crippen MR) is 62.8 cm³/mol. The molecule has 2 N–H and O–H groups in total. The predicted octanol–water partition coefficient (Wildman–Crippen LogP) is 1.21. The van der Waals surface area contributed by atoms with Gasteiger partial charge in [-0.15, -0.1) is 0 Å². The van der Waals surface area contributed by atoms with Gasteiger partial charge in [0.05, 0.1) is 0 Å². The number of hydrogen-bond donors (Lipinski definition) is 2. The highest BCUT2D eigenvalue weighted by Gasteiger charge is 2.24. The molecular formula is C12H22N2O2. The van der Waals surface area contributed by atoms with Crippen LogP contribution in [0.5, 0.6) is 0 Å². The first-order chi connectivity index (χ1) is 7.65. The zero-order valence-corrected chi connectivity index (χ0v) is 10.2. The van der Waals surface area contributed by atoms with Gasteiger partial charge in [0.25, 0.3) is 0 Å². The molecule has 1 saturated carbocycles. The van der Waals surface area contributed by atoms with Crippen LogP contribution in [0.4, 0.5) is 0 Å². The van der Waals surface area contributed by atoms with E-state index in [9.17, 15) is 9.59 Å². The molecule has 0 heterocycles. The minimum Gasteiger partial charge on any atom is -0.352 e. The lowest BCUT2D eigenvalue weighted by molar-refractivity contribution is -0.127. The first-order valence-electron chi connectivity index (χ1n) is 6.15. The van der Waals surface area contributed by atoms with Crippen molar-refractivity contribution in [3.63, 3.8) is 0 Å². The Labute approximate surface area is 97.2 Å². The summed E-state index contributed by atoms with van der Waals surface area (Å²) in [5, 5.41) is 5.60. The summed E-state index contributed by atoms with van der Waals surface area (Å²) in [6.45, 7) is 3.86. The van der Waals surface area contributed by atoms with Crippen LogP contribution in [-0.4, -0.2) is 24.4 Å². The lowest BCUT2D eigenvalue weighted by Crippen LogP contribution is -2.50.